The lowest BCUT2D eigenvalue weighted by Crippen LogP contribution is -2.29. The first kappa shape index (κ1) is 13.6. The van der Waals surface area contributed by atoms with Crippen LogP contribution in [0.3, 0.4) is 0 Å². The topological polar surface area (TPSA) is 33.5 Å². The van der Waals surface area contributed by atoms with E-state index in [-0.39, 0.29) is 5.91 Å². The van der Waals surface area contributed by atoms with Crippen molar-refractivity contribution in [3.8, 4) is 0 Å². The molecule has 4 heteroatoms. The highest BCUT2D eigenvalue weighted by Gasteiger charge is 2.17. The first-order valence-corrected chi connectivity index (χ1v) is 7.65. The van der Waals surface area contributed by atoms with Gasteiger partial charge < -0.3 is 9.32 Å². The molecule has 3 aromatic rings. The molecular weight excluding hydrogens is 282 g/mol. The van der Waals surface area contributed by atoms with E-state index in [2.05, 4.69) is 5.38 Å². The molecule has 1 amide bonds. The van der Waals surface area contributed by atoms with Crippen molar-refractivity contribution in [2.75, 3.05) is 0 Å². The number of carbonyl (C=O) groups is 1. The number of rotatable bonds is 5. The molecule has 1 aromatic carbocycles. The molecule has 0 aliphatic carbocycles. The summed E-state index contributed by atoms with van der Waals surface area (Å²) in [6.45, 7) is 1.05. The monoisotopic (exact) mass is 297 g/mol. The van der Waals surface area contributed by atoms with Gasteiger partial charge in [-0.3, -0.25) is 4.79 Å². The molecule has 2 aromatic heterocycles. The second kappa shape index (κ2) is 6.41. The fourth-order valence-electron chi connectivity index (χ4n) is 2.16. The highest BCUT2D eigenvalue weighted by molar-refractivity contribution is 7.07. The number of hydrogen-bond donors (Lipinski definition) is 0. The molecule has 0 fully saturated rings. The zero-order valence-electron chi connectivity index (χ0n) is 11.4. The molecule has 0 saturated carbocycles. The number of benzene rings is 1. The Morgan fingerprint density at radius 3 is 2.57 bits per heavy atom. The van der Waals surface area contributed by atoms with Crippen LogP contribution in [0.1, 0.15) is 21.7 Å². The third-order valence-corrected chi connectivity index (χ3v) is 3.92. The van der Waals surface area contributed by atoms with Gasteiger partial charge in [-0.1, -0.05) is 18.2 Å². The molecule has 0 atom stereocenters. The largest absolute Gasteiger partial charge is 0.467 e. The van der Waals surface area contributed by atoms with Crippen LogP contribution in [0.25, 0.3) is 0 Å². The van der Waals surface area contributed by atoms with Crippen LogP contribution in [-0.4, -0.2) is 10.8 Å². The Morgan fingerprint density at radius 1 is 1.05 bits per heavy atom. The van der Waals surface area contributed by atoms with Gasteiger partial charge in [-0.05, 0) is 46.7 Å². The number of furan rings is 1. The van der Waals surface area contributed by atoms with E-state index < -0.39 is 0 Å². The summed E-state index contributed by atoms with van der Waals surface area (Å²) in [4.78, 5) is 14.5. The summed E-state index contributed by atoms with van der Waals surface area (Å²) in [5.41, 5.74) is 1.83. The van der Waals surface area contributed by atoms with Crippen molar-refractivity contribution < 1.29 is 9.21 Å². The Morgan fingerprint density at radius 2 is 1.90 bits per heavy atom. The minimum Gasteiger partial charge on any atom is -0.467 e. The standard InChI is InChI=1S/C17H15NO2S/c19-17(15-5-2-1-3-6-15)18(11-14-8-10-21-13-14)12-16-7-4-9-20-16/h1-10,13H,11-12H2. The molecule has 3 nitrogen and oxygen atoms in total. The molecule has 0 aliphatic heterocycles. The molecular formula is C17H15NO2S. The zero-order valence-corrected chi connectivity index (χ0v) is 12.3. The third kappa shape index (κ3) is 3.41. The normalized spacial score (nSPS) is 10.5. The molecule has 0 spiro atoms. The van der Waals surface area contributed by atoms with Gasteiger partial charge in [-0.25, -0.2) is 0 Å². The van der Waals surface area contributed by atoms with E-state index in [4.69, 9.17) is 4.42 Å². The summed E-state index contributed by atoms with van der Waals surface area (Å²) < 4.78 is 5.38. The zero-order chi connectivity index (χ0) is 14.5. The van der Waals surface area contributed by atoms with Crippen molar-refractivity contribution in [1.29, 1.82) is 0 Å². The Balaban J connectivity index is 1.82. The van der Waals surface area contributed by atoms with Gasteiger partial charge in [-0.2, -0.15) is 11.3 Å². The minimum atomic E-state index is 0.0122. The maximum Gasteiger partial charge on any atom is 0.254 e. The van der Waals surface area contributed by atoms with Crippen molar-refractivity contribution >= 4 is 17.2 Å². The summed E-state index contributed by atoms with van der Waals surface area (Å²) in [7, 11) is 0. The minimum absolute atomic E-state index is 0.0122. The average molecular weight is 297 g/mol. The molecule has 0 aliphatic rings. The number of carbonyl (C=O) groups excluding carboxylic acids is 1. The maximum absolute atomic E-state index is 12.7. The summed E-state index contributed by atoms with van der Waals surface area (Å²) in [5.74, 6) is 0.799. The summed E-state index contributed by atoms with van der Waals surface area (Å²) in [5, 5.41) is 4.08. The number of thiophene rings is 1. The second-order valence-corrected chi connectivity index (χ2v) is 5.52. The lowest BCUT2D eigenvalue weighted by molar-refractivity contribution is 0.0718. The van der Waals surface area contributed by atoms with E-state index in [1.165, 1.54) is 0 Å². The Labute approximate surface area is 127 Å². The third-order valence-electron chi connectivity index (χ3n) is 3.19. The van der Waals surface area contributed by atoms with Gasteiger partial charge in [0, 0.05) is 12.1 Å². The number of nitrogens with zero attached hydrogens (tertiary/aromatic N) is 1. The summed E-state index contributed by atoms with van der Waals surface area (Å²) in [6, 6.07) is 15.1. The Bertz CT molecular complexity index is 639. The average Bonchev–Trinajstić information content (AvgIpc) is 3.20. The van der Waals surface area contributed by atoms with Crippen LogP contribution >= 0.6 is 11.3 Å². The Kier molecular flexibility index (Phi) is 4.17. The van der Waals surface area contributed by atoms with E-state index in [0.29, 0.717) is 18.7 Å². The smallest absolute Gasteiger partial charge is 0.254 e. The molecule has 2 heterocycles. The fraction of sp³-hybridized carbons (Fsp3) is 0.118. The summed E-state index contributed by atoms with van der Waals surface area (Å²) >= 11 is 1.64. The first-order chi connectivity index (χ1) is 10.3. The molecule has 3 rings (SSSR count). The van der Waals surface area contributed by atoms with Crippen molar-refractivity contribution in [1.82, 2.24) is 4.90 Å². The van der Waals surface area contributed by atoms with E-state index >= 15 is 0 Å². The van der Waals surface area contributed by atoms with Crippen LogP contribution in [0.15, 0.2) is 70.0 Å². The van der Waals surface area contributed by atoms with Crippen LogP contribution in [0.4, 0.5) is 0 Å². The van der Waals surface area contributed by atoms with E-state index in [9.17, 15) is 4.79 Å². The highest BCUT2D eigenvalue weighted by atomic mass is 32.1. The van der Waals surface area contributed by atoms with Gasteiger partial charge in [0.2, 0.25) is 0 Å². The SMILES string of the molecule is O=C(c1ccccc1)N(Cc1ccsc1)Cc1ccco1. The van der Waals surface area contributed by atoms with Crippen molar-refractivity contribution in [2.24, 2.45) is 0 Å². The van der Waals surface area contributed by atoms with Crippen LogP contribution < -0.4 is 0 Å². The number of amides is 1. The van der Waals surface area contributed by atoms with Crippen LogP contribution in [0.2, 0.25) is 0 Å². The first-order valence-electron chi connectivity index (χ1n) is 6.71. The highest BCUT2D eigenvalue weighted by Crippen LogP contribution is 2.16. The van der Waals surface area contributed by atoms with Gasteiger partial charge in [0.25, 0.3) is 5.91 Å². The maximum atomic E-state index is 12.7. The molecule has 106 valence electrons. The van der Waals surface area contributed by atoms with E-state index in [1.54, 1.807) is 22.5 Å². The molecule has 0 radical (unpaired) electrons. The van der Waals surface area contributed by atoms with Gasteiger partial charge in [0.05, 0.1) is 12.8 Å². The quantitative estimate of drug-likeness (QED) is 0.707. The lowest BCUT2D eigenvalue weighted by Gasteiger charge is -2.21. The molecule has 21 heavy (non-hydrogen) atoms. The number of hydrogen-bond acceptors (Lipinski definition) is 3. The van der Waals surface area contributed by atoms with Gasteiger partial charge in [0.15, 0.2) is 0 Å². The summed E-state index contributed by atoms with van der Waals surface area (Å²) in [6.07, 6.45) is 1.63. The molecule has 0 bridgehead atoms. The predicted molar refractivity (Wildman–Crippen MR) is 83.0 cm³/mol. The fourth-order valence-corrected chi connectivity index (χ4v) is 2.82. The van der Waals surface area contributed by atoms with Crippen LogP contribution in [0, 0.1) is 0 Å². The van der Waals surface area contributed by atoms with Crippen molar-refractivity contribution in [3.05, 3.63) is 82.4 Å². The van der Waals surface area contributed by atoms with Crippen LogP contribution in [-0.2, 0) is 13.1 Å². The van der Waals surface area contributed by atoms with Crippen molar-refractivity contribution in [2.45, 2.75) is 13.1 Å². The molecule has 0 N–H and O–H groups in total. The van der Waals surface area contributed by atoms with Gasteiger partial charge >= 0.3 is 0 Å². The lowest BCUT2D eigenvalue weighted by atomic mass is 10.2. The van der Waals surface area contributed by atoms with Gasteiger partial charge in [-0.15, -0.1) is 0 Å². The van der Waals surface area contributed by atoms with Gasteiger partial charge in [0.1, 0.15) is 5.76 Å². The van der Waals surface area contributed by atoms with Crippen LogP contribution in [0.5, 0.6) is 0 Å². The van der Waals surface area contributed by atoms with Crippen molar-refractivity contribution in [3.63, 3.8) is 0 Å². The molecule has 0 unspecified atom stereocenters. The second-order valence-electron chi connectivity index (χ2n) is 4.74. The molecule has 0 saturated heterocycles. The van der Waals surface area contributed by atoms with E-state index in [0.717, 1.165) is 11.3 Å². The Hall–Kier alpha value is -2.33. The van der Waals surface area contributed by atoms with E-state index in [1.807, 2.05) is 53.9 Å². The predicted octanol–water partition coefficient (Wildman–Crippen LogP) is 4.18.